The average molecular weight is 591 g/mol. The molecule has 1 aliphatic rings. The summed E-state index contributed by atoms with van der Waals surface area (Å²) in [5.41, 5.74) is 4.07. The zero-order valence-electron chi connectivity index (χ0n) is 22.2. The maximum atomic E-state index is 14.6. The SMILES string of the molecule is CC1(C)Oc2ccc(NCc3ccccc3)cc2C(OCCc2ccccc2)C1OCc1ccc(Br)cc1F. The topological polar surface area (TPSA) is 39.7 Å². The van der Waals surface area contributed by atoms with Crippen LogP contribution in [0, 0.1) is 5.82 Å². The first-order valence-corrected chi connectivity index (χ1v) is 14.0. The minimum atomic E-state index is -0.699. The minimum absolute atomic E-state index is 0.108. The molecule has 39 heavy (non-hydrogen) atoms. The van der Waals surface area contributed by atoms with Crippen LogP contribution in [-0.4, -0.2) is 18.3 Å². The molecule has 2 unspecified atom stereocenters. The highest BCUT2D eigenvalue weighted by Gasteiger charge is 2.45. The largest absolute Gasteiger partial charge is 0.485 e. The first kappa shape index (κ1) is 27.4. The van der Waals surface area contributed by atoms with Gasteiger partial charge in [0.2, 0.25) is 0 Å². The number of hydrogen-bond acceptors (Lipinski definition) is 4. The normalized spacial score (nSPS) is 17.7. The Morgan fingerprint density at radius 3 is 2.31 bits per heavy atom. The third kappa shape index (κ3) is 6.88. The Hall–Kier alpha value is -3.19. The second-order valence-electron chi connectivity index (χ2n) is 10.3. The van der Waals surface area contributed by atoms with Gasteiger partial charge in [-0.15, -0.1) is 0 Å². The Morgan fingerprint density at radius 2 is 1.59 bits per heavy atom. The van der Waals surface area contributed by atoms with Crippen molar-refractivity contribution in [2.24, 2.45) is 0 Å². The van der Waals surface area contributed by atoms with Gasteiger partial charge in [-0.3, -0.25) is 0 Å². The van der Waals surface area contributed by atoms with Crippen molar-refractivity contribution >= 4 is 21.6 Å². The summed E-state index contributed by atoms with van der Waals surface area (Å²) >= 11 is 3.32. The monoisotopic (exact) mass is 589 g/mol. The Labute approximate surface area is 238 Å². The molecule has 0 amide bonds. The van der Waals surface area contributed by atoms with Crippen LogP contribution in [-0.2, 0) is 29.0 Å². The fourth-order valence-electron chi connectivity index (χ4n) is 4.87. The van der Waals surface area contributed by atoms with E-state index in [1.165, 1.54) is 17.2 Å². The Bertz CT molecular complexity index is 1380. The van der Waals surface area contributed by atoms with E-state index in [2.05, 4.69) is 51.6 Å². The number of benzene rings is 4. The number of halogens is 2. The summed E-state index contributed by atoms with van der Waals surface area (Å²) in [6.07, 6.45) is -0.0915. The van der Waals surface area contributed by atoms with Crippen molar-refractivity contribution in [1.29, 1.82) is 0 Å². The summed E-state index contributed by atoms with van der Waals surface area (Å²) in [4.78, 5) is 0. The van der Waals surface area contributed by atoms with Crippen molar-refractivity contribution in [3.8, 4) is 5.75 Å². The van der Waals surface area contributed by atoms with E-state index >= 15 is 0 Å². The molecule has 0 spiro atoms. The summed E-state index contributed by atoms with van der Waals surface area (Å²) in [6, 6.07) is 31.6. The molecule has 0 radical (unpaired) electrons. The lowest BCUT2D eigenvalue weighted by molar-refractivity contribution is -0.167. The standard InChI is InChI=1S/C33H33BrFNO3/c1-33(2)32(38-22-25-13-14-26(34)19-29(25)35)31(37-18-17-23-9-5-3-6-10-23)28-20-27(15-16-30(28)39-33)36-21-24-11-7-4-8-12-24/h3-16,19-20,31-32,36H,17-18,21-22H2,1-2H3. The summed E-state index contributed by atoms with van der Waals surface area (Å²) in [5.74, 6) is 0.456. The van der Waals surface area contributed by atoms with Crippen LogP contribution in [0.3, 0.4) is 0 Å². The van der Waals surface area contributed by atoms with E-state index in [1.54, 1.807) is 6.07 Å². The van der Waals surface area contributed by atoms with Crippen molar-refractivity contribution in [2.75, 3.05) is 11.9 Å². The third-order valence-electron chi connectivity index (χ3n) is 6.95. The fourth-order valence-corrected chi connectivity index (χ4v) is 5.21. The molecule has 1 heterocycles. The van der Waals surface area contributed by atoms with Crippen LogP contribution >= 0.6 is 15.9 Å². The molecule has 0 aliphatic carbocycles. The average Bonchev–Trinajstić information content (AvgIpc) is 2.93. The third-order valence-corrected chi connectivity index (χ3v) is 7.45. The van der Waals surface area contributed by atoms with Crippen LogP contribution < -0.4 is 10.1 Å². The predicted octanol–water partition coefficient (Wildman–Crippen LogP) is 8.26. The number of nitrogens with one attached hydrogen (secondary N) is 1. The van der Waals surface area contributed by atoms with Gasteiger partial charge in [-0.2, -0.15) is 0 Å². The Morgan fingerprint density at radius 1 is 0.872 bits per heavy atom. The van der Waals surface area contributed by atoms with Crippen LogP contribution in [0.25, 0.3) is 0 Å². The van der Waals surface area contributed by atoms with E-state index in [-0.39, 0.29) is 12.4 Å². The number of anilines is 1. The lowest BCUT2D eigenvalue weighted by Gasteiger charge is -2.44. The van der Waals surface area contributed by atoms with Crippen molar-refractivity contribution in [1.82, 2.24) is 0 Å². The molecule has 4 aromatic rings. The zero-order chi connectivity index (χ0) is 27.2. The minimum Gasteiger partial charge on any atom is -0.485 e. The van der Waals surface area contributed by atoms with E-state index in [9.17, 15) is 4.39 Å². The van der Waals surface area contributed by atoms with Crippen molar-refractivity contribution in [3.63, 3.8) is 0 Å². The van der Waals surface area contributed by atoms with Crippen LogP contribution in [0.15, 0.2) is 102 Å². The van der Waals surface area contributed by atoms with Crippen molar-refractivity contribution in [3.05, 3.63) is 130 Å². The quantitative estimate of drug-likeness (QED) is 0.202. The highest BCUT2D eigenvalue weighted by molar-refractivity contribution is 9.10. The molecule has 0 saturated heterocycles. The highest BCUT2D eigenvalue weighted by atomic mass is 79.9. The zero-order valence-corrected chi connectivity index (χ0v) is 23.8. The molecule has 1 aliphatic heterocycles. The van der Waals surface area contributed by atoms with E-state index in [0.29, 0.717) is 23.2 Å². The van der Waals surface area contributed by atoms with E-state index in [0.717, 1.165) is 23.4 Å². The number of hydrogen-bond donors (Lipinski definition) is 1. The molecule has 202 valence electrons. The van der Waals surface area contributed by atoms with Gasteiger partial charge >= 0.3 is 0 Å². The maximum absolute atomic E-state index is 14.6. The van der Waals surface area contributed by atoms with Gasteiger partial charge in [0.1, 0.15) is 29.4 Å². The lowest BCUT2D eigenvalue weighted by atomic mass is 9.87. The summed E-state index contributed by atoms with van der Waals surface area (Å²) in [6.45, 7) is 5.31. The Balaban J connectivity index is 1.40. The molecule has 0 fully saturated rings. The molecule has 4 nitrogen and oxygen atoms in total. The first-order valence-electron chi connectivity index (χ1n) is 13.2. The molecule has 0 saturated carbocycles. The van der Waals surface area contributed by atoms with Gasteiger partial charge in [0, 0.05) is 27.8 Å². The maximum Gasteiger partial charge on any atom is 0.132 e. The van der Waals surface area contributed by atoms with E-state index in [4.69, 9.17) is 14.2 Å². The molecule has 2 atom stereocenters. The second kappa shape index (κ2) is 12.3. The summed E-state index contributed by atoms with van der Waals surface area (Å²) in [5, 5.41) is 3.51. The van der Waals surface area contributed by atoms with Gasteiger partial charge < -0.3 is 19.5 Å². The van der Waals surface area contributed by atoms with Gasteiger partial charge in [-0.05, 0) is 61.7 Å². The van der Waals surface area contributed by atoms with Crippen molar-refractivity contribution < 1.29 is 18.6 Å². The molecule has 6 heteroatoms. The number of ether oxygens (including phenoxy) is 3. The van der Waals surface area contributed by atoms with Crippen LogP contribution in [0.4, 0.5) is 10.1 Å². The predicted molar refractivity (Wildman–Crippen MR) is 156 cm³/mol. The molecular weight excluding hydrogens is 557 g/mol. The van der Waals surface area contributed by atoms with Gasteiger partial charge in [0.05, 0.1) is 13.2 Å². The second-order valence-corrected chi connectivity index (χ2v) is 11.2. The smallest absolute Gasteiger partial charge is 0.132 e. The lowest BCUT2D eigenvalue weighted by Crippen LogP contribution is -2.51. The highest BCUT2D eigenvalue weighted by Crippen LogP contribution is 2.44. The van der Waals surface area contributed by atoms with Crippen molar-refractivity contribution in [2.45, 2.75) is 51.2 Å². The first-order chi connectivity index (χ1) is 18.9. The number of rotatable bonds is 10. The molecule has 0 aromatic heterocycles. The molecular formula is C33H33BrFNO3. The summed E-state index contributed by atoms with van der Waals surface area (Å²) in [7, 11) is 0. The van der Waals surface area contributed by atoms with Gasteiger partial charge in [-0.1, -0.05) is 82.7 Å². The van der Waals surface area contributed by atoms with Crippen LogP contribution in [0.2, 0.25) is 0 Å². The van der Waals surface area contributed by atoms with E-state index < -0.39 is 17.8 Å². The van der Waals surface area contributed by atoms with E-state index in [1.807, 2.05) is 68.4 Å². The van der Waals surface area contributed by atoms with Gasteiger partial charge in [0.15, 0.2) is 0 Å². The Kier molecular flexibility index (Phi) is 8.66. The molecule has 1 N–H and O–H groups in total. The van der Waals surface area contributed by atoms with Crippen LogP contribution in [0.1, 0.15) is 42.2 Å². The summed E-state index contributed by atoms with van der Waals surface area (Å²) < 4.78 is 34.8. The molecule has 0 bridgehead atoms. The number of fused-ring (bicyclic) bond motifs is 1. The van der Waals surface area contributed by atoms with Crippen LogP contribution in [0.5, 0.6) is 5.75 Å². The molecule has 4 aromatic carbocycles. The molecule has 5 rings (SSSR count). The fraction of sp³-hybridized carbons (Fsp3) is 0.273. The van der Waals surface area contributed by atoms with Gasteiger partial charge in [0.25, 0.3) is 0 Å². The van der Waals surface area contributed by atoms with Gasteiger partial charge in [-0.25, -0.2) is 4.39 Å².